The van der Waals surface area contributed by atoms with Gasteiger partial charge in [0.1, 0.15) is 5.25 Å². The Hall–Kier alpha value is -2.02. The number of hydrogen-bond donors (Lipinski definition) is 0. The van der Waals surface area contributed by atoms with Crippen molar-refractivity contribution in [3.05, 3.63) is 31.1 Å². The molecule has 124 valence electrons. The summed E-state index contributed by atoms with van der Waals surface area (Å²) in [6, 6.07) is 3.63. The van der Waals surface area contributed by atoms with Gasteiger partial charge in [-0.3, -0.25) is 9.36 Å². The topological polar surface area (TPSA) is 70.2 Å². The molecule has 0 saturated carbocycles. The fraction of sp³-hybridized carbons (Fsp3) is 0.438. The van der Waals surface area contributed by atoms with E-state index in [0.717, 1.165) is 19.3 Å². The highest BCUT2D eigenvalue weighted by molar-refractivity contribution is 8.00. The number of thioether (sulfide) groups is 1. The highest BCUT2D eigenvalue weighted by Crippen LogP contribution is 2.29. The van der Waals surface area contributed by atoms with Crippen molar-refractivity contribution in [1.29, 1.82) is 0 Å². The molecule has 0 bridgehead atoms. The number of unbranched alkanes of at least 4 members (excludes halogenated alkanes) is 1. The Morgan fingerprint density at radius 3 is 3.00 bits per heavy atom. The molecule has 0 aliphatic rings. The summed E-state index contributed by atoms with van der Waals surface area (Å²) in [5, 5.41) is 8.77. The van der Waals surface area contributed by atoms with Crippen LogP contribution in [-0.4, -0.2) is 33.1 Å². The zero-order chi connectivity index (χ0) is 16.7. The van der Waals surface area contributed by atoms with Crippen LogP contribution in [0, 0.1) is 0 Å². The van der Waals surface area contributed by atoms with E-state index in [1.54, 1.807) is 18.4 Å². The predicted molar refractivity (Wildman–Crippen MR) is 89.1 cm³/mol. The number of nitrogens with zero attached hydrogens (tertiary/aromatic N) is 3. The van der Waals surface area contributed by atoms with Crippen LogP contribution in [0.3, 0.4) is 0 Å². The second-order valence-electron chi connectivity index (χ2n) is 4.95. The first kappa shape index (κ1) is 17.3. The van der Waals surface area contributed by atoms with Gasteiger partial charge in [-0.2, -0.15) is 0 Å². The molecule has 23 heavy (non-hydrogen) atoms. The SMILES string of the molecule is C=CCn1c(SC(CCCC)C(=O)OC)nnc1-c1ccco1. The smallest absolute Gasteiger partial charge is 0.319 e. The molecule has 1 atom stereocenters. The zero-order valence-corrected chi connectivity index (χ0v) is 14.2. The summed E-state index contributed by atoms with van der Waals surface area (Å²) in [5.41, 5.74) is 0. The molecule has 0 N–H and O–H groups in total. The maximum absolute atomic E-state index is 12.0. The van der Waals surface area contributed by atoms with Gasteiger partial charge in [-0.25, -0.2) is 0 Å². The van der Waals surface area contributed by atoms with E-state index < -0.39 is 0 Å². The molecular formula is C16H21N3O3S. The van der Waals surface area contributed by atoms with Gasteiger partial charge in [0.2, 0.25) is 5.82 Å². The van der Waals surface area contributed by atoms with Crippen molar-refractivity contribution >= 4 is 17.7 Å². The average molecular weight is 335 g/mol. The maximum Gasteiger partial charge on any atom is 0.319 e. The van der Waals surface area contributed by atoms with Gasteiger partial charge in [-0.1, -0.05) is 37.6 Å². The second-order valence-corrected chi connectivity index (χ2v) is 6.12. The molecule has 0 amide bonds. The summed E-state index contributed by atoms with van der Waals surface area (Å²) in [6.07, 6.45) is 6.07. The van der Waals surface area contributed by atoms with E-state index in [1.807, 2.05) is 10.6 Å². The lowest BCUT2D eigenvalue weighted by molar-refractivity contribution is -0.140. The van der Waals surface area contributed by atoms with Gasteiger partial charge in [0, 0.05) is 6.54 Å². The Bertz CT molecular complexity index is 637. The lowest BCUT2D eigenvalue weighted by Crippen LogP contribution is -2.19. The number of furan rings is 1. The Balaban J connectivity index is 2.27. The molecule has 6 nitrogen and oxygen atoms in total. The van der Waals surface area contributed by atoms with Crippen LogP contribution < -0.4 is 0 Å². The van der Waals surface area contributed by atoms with E-state index in [9.17, 15) is 4.79 Å². The second kappa shape index (κ2) is 8.57. The third-order valence-corrected chi connectivity index (χ3v) is 4.53. The largest absolute Gasteiger partial charge is 0.468 e. The Labute approximate surface area is 139 Å². The monoisotopic (exact) mass is 335 g/mol. The van der Waals surface area contributed by atoms with Gasteiger partial charge in [-0.15, -0.1) is 16.8 Å². The van der Waals surface area contributed by atoms with Crippen molar-refractivity contribution in [1.82, 2.24) is 14.8 Å². The van der Waals surface area contributed by atoms with Gasteiger partial charge in [0.25, 0.3) is 0 Å². The van der Waals surface area contributed by atoms with E-state index in [1.165, 1.54) is 18.9 Å². The summed E-state index contributed by atoms with van der Waals surface area (Å²) in [4.78, 5) is 12.0. The highest BCUT2D eigenvalue weighted by atomic mass is 32.2. The lowest BCUT2D eigenvalue weighted by atomic mass is 10.2. The van der Waals surface area contributed by atoms with Crippen molar-refractivity contribution in [2.45, 2.75) is 43.1 Å². The van der Waals surface area contributed by atoms with Gasteiger partial charge in [0.15, 0.2) is 10.9 Å². The molecule has 2 heterocycles. The minimum absolute atomic E-state index is 0.240. The number of carbonyl (C=O) groups is 1. The van der Waals surface area contributed by atoms with Crippen molar-refractivity contribution in [2.75, 3.05) is 7.11 Å². The summed E-state index contributed by atoms with van der Waals surface area (Å²) >= 11 is 1.37. The summed E-state index contributed by atoms with van der Waals surface area (Å²) < 4.78 is 12.2. The minimum Gasteiger partial charge on any atom is -0.468 e. The number of allylic oxidation sites excluding steroid dienone is 1. The molecule has 1 unspecified atom stereocenters. The van der Waals surface area contributed by atoms with Crippen LogP contribution in [0.4, 0.5) is 0 Å². The van der Waals surface area contributed by atoms with Gasteiger partial charge in [-0.05, 0) is 18.6 Å². The van der Waals surface area contributed by atoms with Crippen LogP contribution in [0.5, 0.6) is 0 Å². The van der Waals surface area contributed by atoms with Crippen molar-refractivity contribution in [3.8, 4) is 11.6 Å². The zero-order valence-electron chi connectivity index (χ0n) is 13.4. The normalized spacial score (nSPS) is 12.1. The number of hydrogen-bond acceptors (Lipinski definition) is 6. The van der Waals surface area contributed by atoms with Gasteiger partial charge in [0.05, 0.1) is 13.4 Å². The van der Waals surface area contributed by atoms with E-state index in [2.05, 4.69) is 23.7 Å². The first-order valence-corrected chi connectivity index (χ1v) is 8.41. The van der Waals surface area contributed by atoms with E-state index in [-0.39, 0.29) is 11.2 Å². The summed E-state index contributed by atoms with van der Waals surface area (Å²) in [6.45, 7) is 6.40. The molecule has 7 heteroatoms. The lowest BCUT2D eigenvalue weighted by Gasteiger charge is -2.14. The number of ether oxygens (including phenoxy) is 1. The van der Waals surface area contributed by atoms with Gasteiger partial charge < -0.3 is 9.15 Å². The quantitative estimate of drug-likeness (QED) is 0.396. The van der Waals surface area contributed by atoms with Crippen molar-refractivity contribution in [2.24, 2.45) is 0 Å². The Morgan fingerprint density at radius 2 is 2.39 bits per heavy atom. The number of methoxy groups -OCH3 is 1. The van der Waals surface area contributed by atoms with Gasteiger partial charge >= 0.3 is 5.97 Å². The number of rotatable bonds is 9. The molecule has 0 aliphatic carbocycles. The van der Waals surface area contributed by atoms with Crippen molar-refractivity contribution < 1.29 is 13.9 Å². The molecule has 0 saturated heterocycles. The van der Waals surface area contributed by atoms with E-state index in [0.29, 0.717) is 23.3 Å². The first-order valence-electron chi connectivity index (χ1n) is 7.53. The maximum atomic E-state index is 12.0. The molecule has 0 fully saturated rings. The highest BCUT2D eigenvalue weighted by Gasteiger charge is 2.24. The standard InChI is InChI=1S/C16H21N3O3S/c1-4-6-9-13(15(20)21-3)23-16-18-17-14(19(16)10-5-2)12-8-7-11-22-12/h5,7-8,11,13H,2,4,6,9-10H2,1,3H3. The molecule has 0 spiro atoms. The van der Waals surface area contributed by atoms with Crippen LogP contribution in [0.15, 0.2) is 40.6 Å². The molecule has 0 radical (unpaired) electrons. The molecule has 2 rings (SSSR count). The fourth-order valence-electron chi connectivity index (χ4n) is 2.13. The fourth-order valence-corrected chi connectivity index (χ4v) is 3.24. The number of aromatic nitrogens is 3. The predicted octanol–water partition coefficient (Wildman–Crippen LogP) is 3.55. The molecule has 0 aliphatic heterocycles. The number of esters is 1. The molecule has 0 aromatic carbocycles. The summed E-state index contributed by atoms with van der Waals surface area (Å²) in [5.74, 6) is 1.02. The summed E-state index contributed by atoms with van der Waals surface area (Å²) in [7, 11) is 1.41. The Kier molecular flexibility index (Phi) is 6.46. The Morgan fingerprint density at radius 1 is 1.57 bits per heavy atom. The molecule has 2 aromatic heterocycles. The van der Waals surface area contributed by atoms with E-state index in [4.69, 9.17) is 9.15 Å². The third-order valence-electron chi connectivity index (χ3n) is 3.30. The average Bonchev–Trinajstić information content (AvgIpc) is 3.21. The molecule has 2 aromatic rings. The van der Waals surface area contributed by atoms with Crippen LogP contribution in [0.25, 0.3) is 11.6 Å². The van der Waals surface area contributed by atoms with Crippen LogP contribution >= 0.6 is 11.8 Å². The third kappa shape index (κ3) is 4.25. The minimum atomic E-state index is -0.294. The van der Waals surface area contributed by atoms with Crippen LogP contribution in [-0.2, 0) is 16.1 Å². The number of carbonyl (C=O) groups excluding carboxylic acids is 1. The van der Waals surface area contributed by atoms with E-state index >= 15 is 0 Å². The van der Waals surface area contributed by atoms with Crippen LogP contribution in [0.2, 0.25) is 0 Å². The molecular weight excluding hydrogens is 314 g/mol. The van der Waals surface area contributed by atoms with Crippen molar-refractivity contribution in [3.63, 3.8) is 0 Å². The van der Waals surface area contributed by atoms with Crippen LogP contribution in [0.1, 0.15) is 26.2 Å². The first-order chi connectivity index (χ1) is 11.2.